The molecule has 1 unspecified atom stereocenters. The highest BCUT2D eigenvalue weighted by atomic mass is 35.5. The maximum atomic E-state index is 13.0. The Balaban J connectivity index is 2.40. The van der Waals surface area contributed by atoms with Crippen LogP contribution in [0, 0.1) is 5.92 Å². The van der Waals surface area contributed by atoms with Crippen molar-refractivity contribution in [2.24, 2.45) is 10.3 Å². The minimum absolute atomic E-state index is 0.0432. The second-order valence-corrected chi connectivity index (χ2v) is 12.7. The number of piperidine rings is 1. The summed E-state index contributed by atoms with van der Waals surface area (Å²) in [4.78, 5) is 14.2. The quantitative estimate of drug-likeness (QED) is 0.247. The van der Waals surface area contributed by atoms with Gasteiger partial charge in [-0.05, 0) is 60.5 Å². The number of rotatable bonds is 6. The minimum Gasteiger partial charge on any atom is -0.591 e. The lowest BCUT2D eigenvalue weighted by molar-refractivity contribution is 0.0202. The molecule has 1 aliphatic rings. The van der Waals surface area contributed by atoms with Crippen LogP contribution >= 0.6 is 23.2 Å². The summed E-state index contributed by atoms with van der Waals surface area (Å²) in [6.07, 6.45) is 2.58. The fourth-order valence-corrected chi connectivity index (χ4v) is 4.25. The average molecular weight is 518 g/mol. The summed E-state index contributed by atoms with van der Waals surface area (Å²) in [5.74, 6) is 0.460. The van der Waals surface area contributed by atoms with E-state index in [1.165, 1.54) is 0 Å². The number of nitrogens with zero attached hydrogens (tertiary/aromatic N) is 2. The molecule has 1 amide bonds. The lowest BCUT2D eigenvalue weighted by Gasteiger charge is -2.34. The van der Waals surface area contributed by atoms with Gasteiger partial charge < -0.3 is 18.9 Å². The Hall–Kier alpha value is -1.41. The second-order valence-electron chi connectivity index (χ2n) is 9.94. The maximum absolute atomic E-state index is 13.0. The summed E-state index contributed by atoms with van der Waals surface area (Å²) in [6, 6.07) is 3.36. The highest BCUT2D eigenvalue weighted by Gasteiger charge is 2.34. The molecule has 33 heavy (non-hydrogen) atoms. The third-order valence-corrected chi connectivity index (χ3v) is 7.03. The number of likely N-dealkylation sites (tertiary alicyclic amines) is 1. The molecule has 1 aromatic carbocycles. The minimum atomic E-state index is -1.50. The van der Waals surface area contributed by atoms with Gasteiger partial charge in [0, 0.05) is 30.6 Å². The molecule has 1 fully saturated rings. The Morgan fingerprint density at radius 3 is 2.30 bits per heavy atom. The predicted molar refractivity (Wildman–Crippen MR) is 137 cm³/mol. The van der Waals surface area contributed by atoms with E-state index in [1.807, 2.05) is 41.5 Å². The molecule has 1 aromatic rings. The van der Waals surface area contributed by atoms with Crippen molar-refractivity contribution >= 4 is 46.4 Å². The van der Waals surface area contributed by atoms with Crippen LogP contribution in [0.2, 0.25) is 10.0 Å². The number of ether oxygens (including phenoxy) is 2. The van der Waals surface area contributed by atoms with Crippen molar-refractivity contribution in [3.05, 3.63) is 40.4 Å². The first-order chi connectivity index (χ1) is 15.2. The lowest BCUT2D eigenvalue weighted by atomic mass is 9.88. The van der Waals surface area contributed by atoms with Crippen molar-refractivity contribution in [2.75, 3.05) is 19.7 Å². The van der Waals surface area contributed by atoms with Crippen molar-refractivity contribution < 1.29 is 18.8 Å². The highest BCUT2D eigenvalue weighted by Crippen LogP contribution is 2.36. The van der Waals surface area contributed by atoms with E-state index in [4.69, 9.17) is 32.7 Å². The van der Waals surface area contributed by atoms with Crippen LogP contribution in [0.3, 0.4) is 0 Å². The SMILES string of the molecule is C=CCOc1cc(Cl)c(Cl)cc1/C(=N\[S+]([O-])C(C)(C)C)C1CCN(C(=O)OC(C)(C)C)CC1. The van der Waals surface area contributed by atoms with E-state index < -0.39 is 21.7 Å². The van der Waals surface area contributed by atoms with Gasteiger partial charge in [0.15, 0.2) is 0 Å². The van der Waals surface area contributed by atoms with Crippen LogP contribution in [-0.2, 0) is 16.1 Å². The van der Waals surface area contributed by atoms with Crippen molar-refractivity contribution in [1.82, 2.24) is 4.90 Å². The smallest absolute Gasteiger partial charge is 0.410 e. The van der Waals surface area contributed by atoms with Gasteiger partial charge >= 0.3 is 6.09 Å². The van der Waals surface area contributed by atoms with E-state index in [0.717, 1.165) is 0 Å². The summed E-state index contributed by atoms with van der Waals surface area (Å²) in [6.45, 7) is 16.1. The van der Waals surface area contributed by atoms with Gasteiger partial charge in [0.2, 0.25) is 0 Å². The van der Waals surface area contributed by atoms with Crippen LogP contribution in [0.4, 0.5) is 4.79 Å². The van der Waals surface area contributed by atoms with Crippen molar-refractivity contribution in [3.63, 3.8) is 0 Å². The molecule has 0 bridgehead atoms. The number of amides is 1. The van der Waals surface area contributed by atoms with Crippen LogP contribution in [0.1, 0.15) is 59.9 Å². The Morgan fingerprint density at radius 1 is 1.21 bits per heavy atom. The largest absolute Gasteiger partial charge is 0.591 e. The topological polar surface area (TPSA) is 74.2 Å². The number of hydrogen-bond donors (Lipinski definition) is 0. The zero-order valence-electron chi connectivity index (χ0n) is 20.2. The Labute approximate surface area is 210 Å². The number of benzene rings is 1. The molecule has 2 rings (SSSR count). The third-order valence-electron chi connectivity index (χ3n) is 4.89. The summed E-state index contributed by atoms with van der Waals surface area (Å²) in [7, 11) is 0. The van der Waals surface area contributed by atoms with Gasteiger partial charge in [-0.25, -0.2) is 4.79 Å². The van der Waals surface area contributed by atoms with E-state index in [-0.39, 0.29) is 18.6 Å². The highest BCUT2D eigenvalue weighted by molar-refractivity contribution is 7.91. The molecule has 0 saturated carbocycles. The maximum Gasteiger partial charge on any atom is 0.410 e. The van der Waals surface area contributed by atoms with Crippen LogP contribution in [-0.4, -0.2) is 51.3 Å². The van der Waals surface area contributed by atoms with E-state index in [9.17, 15) is 9.35 Å². The number of hydrogen-bond acceptors (Lipinski definition) is 5. The van der Waals surface area contributed by atoms with Gasteiger partial charge in [-0.15, -0.1) is 0 Å². The summed E-state index contributed by atoms with van der Waals surface area (Å²) in [5.41, 5.74) is 0.742. The zero-order chi connectivity index (χ0) is 25.0. The summed E-state index contributed by atoms with van der Waals surface area (Å²) >= 11 is 11.1. The van der Waals surface area contributed by atoms with Crippen LogP contribution < -0.4 is 4.74 Å². The molecule has 0 aliphatic carbocycles. The van der Waals surface area contributed by atoms with Crippen molar-refractivity contribution in [1.29, 1.82) is 0 Å². The standard InChI is InChI=1S/C24H34Cl2N2O4S/c1-8-13-31-20-15-19(26)18(25)14-17(20)21(27-33(30)24(5,6)7)16-9-11-28(12-10-16)22(29)32-23(2,3)4/h8,14-16H,1,9-13H2,2-7H3/b27-21-. The molecule has 0 radical (unpaired) electrons. The molecule has 1 heterocycles. The summed E-state index contributed by atoms with van der Waals surface area (Å²) in [5, 5.41) is 0.716. The van der Waals surface area contributed by atoms with E-state index >= 15 is 0 Å². The Morgan fingerprint density at radius 2 is 1.79 bits per heavy atom. The molecule has 0 spiro atoms. The van der Waals surface area contributed by atoms with Gasteiger partial charge in [0.25, 0.3) is 0 Å². The molecule has 0 N–H and O–H groups in total. The van der Waals surface area contributed by atoms with Crippen molar-refractivity contribution in [3.8, 4) is 5.75 Å². The normalized spacial score (nSPS) is 17.0. The van der Waals surface area contributed by atoms with Gasteiger partial charge in [-0.3, -0.25) is 0 Å². The second kappa shape index (κ2) is 11.3. The first-order valence-corrected chi connectivity index (χ1v) is 12.8. The van der Waals surface area contributed by atoms with Gasteiger partial charge in [-0.1, -0.05) is 40.3 Å². The molecule has 1 aliphatic heterocycles. The predicted octanol–water partition coefficient (Wildman–Crippen LogP) is 6.46. The molecular weight excluding hydrogens is 483 g/mol. The summed E-state index contributed by atoms with van der Waals surface area (Å²) < 4.78 is 28.5. The van der Waals surface area contributed by atoms with Crippen molar-refractivity contribution in [2.45, 2.75) is 64.7 Å². The molecule has 0 aromatic heterocycles. The Kier molecular flexibility index (Phi) is 9.57. The van der Waals surface area contributed by atoms with Gasteiger partial charge in [0.1, 0.15) is 39.8 Å². The first kappa shape index (κ1) is 27.8. The fraction of sp³-hybridized carbons (Fsp3) is 0.583. The average Bonchev–Trinajstić information content (AvgIpc) is 2.70. The van der Waals surface area contributed by atoms with E-state index in [0.29, 0.717) is 53.0 Å². The van der Waals surface area contributed by atoms with Gasteiger partial charge in [0.05, 0.1) is 10.0 Å². The molecular formula is C24H34Cl2N2O4S. The molecule has 1 atom stereocenters. The monoisotopic (exact) mass is 516 g/mol. The molecule has 1 saturated heterocycles. The van der Waals surface area contributed by atoms with Crippen LogP contribution in [0.25, 0.3) is 0 Å². The number of halogens is 2. The first-order valence-electron chi connectivity index (χ1n) is 10.9. The molecule has 6 nitrogen and oxygen atoms in total. The number of carbonyl (C=O) groups excluding carboxylic acids is 1. The Bertz CT molecular complexity index is 886. The lowest BCUT2D eigenvalue weighted by Crippen LogP contribution is -2.43. The van der Waals surface area contributed by atoms with E-state index in [2.05, 4.69) is 11.0 Å². The van der Waals surface area contributed by atoms with Gasteiger partial charge in [-0.2, -0.15) is 0 Å². The molecule has 184 valence electrons. The fourth-order valence-electron chi connectivity index (χ4n) is 3.23. The third kappa shape index (κ3) is 8.09. The van der Waals surface area contributed by atoms with Crippen LogP contribution in [0.5, 0.6) is 5.75 Å². The zero-order valence-corrected chi connectivity index (χ0v) is 22.6. The van der Waals surface area contributed by atoms with E-state index in [1.54, 1.807) is 23.1 Å². The van der Waals surface area contributed by atoms with Crippen LogP contribution in [0.15, 0.2) is 29.2 Å². The molecule has 9 heteroatoms. The number of carbonyl (C=O) groups is 1.